The van der Waals surface area contributed by atoms with Crippen LogP contribution in [-0.2, 0) is 11.8 Å². The summed E-state index contributed by atoms with van der Waals surface area (Å²) in [4.78, 5) is 32.2. The fourth-order valence-corrected chi connectivity index (χ4v) is 4.54. The summed E-state index contributed by atoms with van der Waals surface area (Å²) in [5.74, 6) is -0.117. The maximum atomic E-state index is 12.7. The van der Waals surface area contributed by atoms with E-state index < -0.39 is 5.25 Å². The number of benzene rings is 2. The second-order valence-corrected chi connectivity index (χ2v) is 8.93. The average molecular weight is 423 g/mol. The Hall–Kier alpha value is -2.80. The Morgan fingerprint density at radius 2 is 1.77 bits per heavy atom. The molecule has 0 saturated carbocycles. The van der Waals surface area contributed by atoms with E-state index in [0.29, 0.717) is 16.1 Å². The number of piperidine rings is 1. The molecule has 1 saturated heterocycles. The van der Waals surface area contributed by atoms with Gasteiger partial charge in [-0.2, -0.15) is 0 Å². The maximum absolute atomic E-state index is 12.7. The number of carbonyl (C=O) groups is 1. The summed E-state index contributed by atoms with van der Waals surface area (Å²) >= 11 is 1.28. The van der Waals surface area contributed by atoms with Crippen LogP contribution in [0, 0.1) is 0 Å². The Morgan fingerprint density at radius 1 is 1.07 bits per heavy atom. The van der Waals surface area contributed by atoms with Crippen LogP contribution in [0.1, 0.15) is 26.2 Å². The van der Waals surface area contributed by atoms with Gasteiger partial charge in [0.15, 0.2) is 5.16 Å². The molecule has 1 fully saturated rings. The van der Waals surface area contributed by atoms with Gasteiger partial charge in [0.2, 0.25) is 5.91 Å². The van der Waals surface area contributed by atoms with Crippen molar-refractivity contribution in [2.75, 3.05) is 23.3 Å². The van der Waals surface area contributed by atoms with Gasteiger partial charge in [0.25, 0.3) is 5.56 Å². The van der Waals surface area contributed by atoms with E-state index in [1.807, 2.05) is 37.3 Å². The molecule has 2 heterocycles. The minimum absolute atomic E-state index is 0.107. The first-order valence-electron chi connectivity index (χ1n) is 10.3. The van der Waals surface area contributed by atoms with Crippen LogP contribution in [0.5, 0.6) is 0 Å². The Labute approximate surface area is 180 Å². The number of hydrogen-bond donors (Lipinski definition) is 1. The van der Waals surface area contributed by atoms with E-state index in [4.69, 9.17) is 0 Å². The van der Waals surface area contributed by atoms with E-state index in [1.165, 1.54) is 41.3 Å². The van der Waals surface area contributed by atoms with Crippen molar-refractivity contribution in [3.05, 3.63) is 58.9 Å². The molecule has 6 nitrogen and oxygen atoms in total. The third-order valence-corrected chi connectivity index (χ3v) is 6.59. The summed E-state index contributed by atoms with van der Waals surface area (Å²) in [7, 11) is 1.69. The van der Waals surface area contributed by atoms with Gasteiger partial charge in [-0.1, -0.05) is 23.9 Å². The summed E-state index contributed by atoms with van der Waals surface area (Å²) in [5, 5.41) is 3.68. The Balaban J connectivity index is 1.43. The predicted molar refractivity (Wildman–Crippen MR) is 123 cm³/mol. The number of aromatic nitrogens is 2. The number of nitrogens with one attached hydrogen (secondary N) is 1. The third-order valence-electron chi connectivity index (χ3n) is 5.45. The normalized spacial score (nSPS) is 15.2. The van der Waals surface area contributed by atoms with Gasteiger partial charge in [-0.3, -0.25) is 14.2 Å². The number of amides is 1. The lowest BCUT2D eigenvalue weighted by molar-refractivity contribution is -0.115. The highest BCUT2D eigenvalue weighted by molar-refractivity contribution is 8.00. The van der Waals surface area contributed by atoms with E-state index in [1.54, 1.807) is 13.1 Å². The Kier molecular flexibility index (Phi) is 6.08. The fourth-order valence-electron chi connectivity index (χ4n) is 3.67. The predicted octanol–water partition coefficient (Wildman–Crippen LogP) is 4.04. The molecule has 1 amide bonds. The molecule has 0 radical (unpaired) electrons. The highest BCUT2D eigenvalue weighted by atomic mass is 32.2. The van der Waals surface area contributed by atoms with Crippen molar-refractivity contribution in [2.24, 2.45) is 7.05 Å². The number of hydrogen-bond acceptors (Lipinski definition) is 5. The van der Waals surface area contributed by atoms with E-state index in [-0.39, 0.29) is 11.5 Å². The van der Waals surface area contributed by atoms with Gasteiger partial charge in [-0.05, 0) is 62.6 Å². The third kappa shape index (κ3) is 4.36. The Morgan fingerprint density at radius 3 is 2.50 bits per heavy atom. The zero-order valence-corrected chi connectivity index (χ0v) is 18.1. The number of nitrogens with zero attached hydrogens (tertiary/aromatic N) is 3. The number of rotatable bonds is 5. The van der Waals surface area contributed by atoms with Gasteiger partial charge in [0.1, 0.15) is 0 Å². The van der Waals surface area contributed by atoms with Crippen molar-refractivity contribution in [1.29, 1.82) is 0 Å². The monoisotopic (exact) mass is 422 g/mol. The van der Waals surface area contributed by atoms with Crippen LogP contribution in [0.25, 0.3) is 10.9 Å². The molecule has 1 aliphatic rings. The van der Waals surface area contributed by atoms with Crippen LogP contribution < -0.4 is 15.8 Å². The molecule has 0 bridgehead atoms. The number of para-hydroxylation sites is 1. The molecular weight excluding hydrogens is 396 g/mol. The fraction of sp³-hybridized carbons (Fsp3) is 0.348. The Bertz CT molecular complexity index is 1100. The van der Waals surface area contributed by atoms with E-state index in [9.17, 15) is 9.59 Å². The molecule has 4 rings (SSSR count). The van der Waals surface area contributed by atoms with Crippen LogP contribution >= 0.6 is 11.8 Å². The zero-order valence-electron chi connectivity index (χ0n) is 17.3. The number of carbonyl (C=O) groups excluding carboxylic acids is 1. The van der Waals surface area contributed by atoms with Crippen molar-refractivity contribution in [1.82, 2.24) is 9.55 Å². The number of fused-ring (bicyclic) bond motifs is 1. The summed E-state index contributed by atoms with van der Waals surface area (Å²) in [6.45, 7) is 4.01. The number of anilines is 2. The smallest absolute Gasteiger partial charge is 0.261 e. The minimum Gasteiger partial charge on any atom is -0.372 e. The van der Waals surface area contributed by atoms with Gasteiger partial charge in [0.05, 0.1) is 16.2 Å². The van der Waals surface area contributed by atoms with Crippen molar-refractivity contribution in [3.63, 3.8) is 0 Å². The lowest BCUT2D eigenvalue weighted by Gasteiger charge is -2.28. The molecule has 1 unspecified atom stereocenters. The van der Waals surface area contributed by atoms with Gasteiger partial charge >= 0.3 is 0 Å². The van der Waals surface area contributed by atoms with Gasteiger partial charge in [-0.15, -0.1) is 0 Å². The number of thioether (sulfide) groups is 1. The molecule has 1 N–H and O–H groups in total. The van der Waals surface area contributed by atoms with Crippen LogP contribution in [-0.4, -0.2) is 33.8 Å². The summed E-state index contributed by atoms with van der Waals surface area (Å²) in [6.07, 6.45) is 3.77. The summed E-state index contributed by atoms with van der Waals surface area (Å²) < 4.78 is 1.50. The quantitative estimate of drug-likeness (QED) is 0.496. The zero-order chi connectivity index (χ0) is 21.1. The molecule has 156 valence electrons. The van der Waals surface area contributed by atoms with Crippen molar-refractivity contribution < 1.29 is 4.79 Å². The first-order valence-corrected chi connectivity index (χ1v) is 11.2. The molecule has 1 aliphatic heterocycles. The molecule has 2 aromatic carbocycles. The van der Waals surface area contributed by atoms with Crippen LogP contribution in [0.15, 0.2) is 58.5 Å². The molecule has 3 aromatic rings. The van der Waals surface area contributed by atoms with Crippen molar-refractivity contribution in [2.45, 2.75) is 36.6 Å². The van der Waals surface area contributed by atoms with Crippen LogP contribution in [0.3, 0.4) is 0 Å². The molecule has 1 atom stereocenters. The lowest BCUT2D eigenvalue weighted by Crippen LogP contribution is -2.29. The SMILES string of the molecule is CC(Sc1nc2ccccc2c(=O)n1C)C(=O)Nc1ccc(N2CCCCC2)cc1. The highest BCUT2D eigenvalue weighted by Crippen LogP contribution is 2.25. The highest BCUT2D eigenvalue weighted by Gasteiger charge is 2.19. The van der Waals surface area contributed by atoms with E-state index in [0.717, 1.165) is 18.8 Å². The average Bonchev–Trinajstić information content (AvgIpc) is 2.78. The molecule has 0 spiro atoms. The largest absolute Gasteiger partial charge is 0.372 e. The lowest BCUT2D eigenvalue weighted by atomic mass is 10.1. The second-order valence-electron chi connectivity index (χ2n) is 7.62. The van der Waals surface area contributed by atoms with E-state index >= 15 is 0 Å². The maximum Gasteiger partial charge on any atom is 0.261 e. The topological polar surface area (TPSA) is 67.2 Å². The molecule has 7 heteroatoms. The standard InChI is InChI=1S/C23H26N4O2S/c1-16(30-23-25-20-9-5-4-8-19(20)22(29)26(23)2)21(28)24-17-10-12-18(13-11-17)27-14-6-3-7-15-27/h4-5,8-13,16H,3,6-7,14-15H2,1-2H3,(H,24,28). The van der Waals surface area contributed by atoms with Gasteiger partial charge in [0, 0.05) is 31.5 Å². The first-order chi connectivity index (χ1) is 14.5. The van der Waals surface area contributed by atoms with Crippen LogP contribution in [0.2, 0.25) is 0 Å². The van der Waals surface area contributed by atoms with E-state index in [2.05, 4.69) is 27.3 Å². The van der Waals surface area contributed by atoms with Crippen molar-refractivity contribution in [3.8, 4) is 0 Å². The first kappa shape index (κ1) is 20.5. The van der Waals surface area contributed by atoms with Gasteiger partial charge in [-0.25, -0.2) is 4.98 Å². The van der Waals surface area contributed by atoms with Crippen LogP contribution in [0.4, 0.5) is 11.4 Å². The second kappa shape index (κ2) is 8.92. The molecule has 0 aliphatic carbocycles. The molecular formula is C23H26N4O2S. The summed E-state index contributed by atoms with van der Waals surface area (Å²) in [5.41, 5.74) is 2.51. The van der Waals surface area contributed by atoms with Gasteiger partial charge < -0.3 is 10.2 Å². The minimum atomic E-state index is -0.397. The summed E-state index contributed by atoms with van der Waals surface area (Å²) in [6, 6.07) is 15.3. The van der Waals surface area contributed by atoms with Crippen molar-refractivity contribution >= 4 is 39.9 Å². The molecule has 1 aromatic heterocycles. The molecule has 30 heavy (non-hydrogen) atoms.